The van der Waals surface area contributed by atoms with E-state index in [0.29, 0.717) is 5.92 Å². The summed E-state index contributed by atoms with van der Waals surface area (Å²) in [6.45, 7) is 11.0. The maximum absolute atomic E-state index is 12.6. The lowest BCUT2D eigenvalue weighted by Crippen LogP contribution is -2.49. The highest BCUT2D eigenvalue weighted by Crippen LogP contribution is 2.31. The van der Waals surface area contributed by atoms with Gasteiger partial charge in [0.1, 0.15) is 0 Å². The summed E-state index contributed by atoms with van der Waals surface area (Å²) < 4.78 is 0. The van der Waals surface area contributed by atoms with Crippen molar-refractivity contribution in [2.75, 3.05) is 19.6 Å². The third kappa shape index (κ3) is 3.46. The van der Waals surface area contributed by atoms with Crippen molar-refractivity contribution in [3.8, 4) is 0 Å². The van der Waals surface area contributed by atoms with Gasteiger partial charge in [-0.1, -0.05) is 18.2 Å². The Labute approximate surface area is 128 Å². The Morgan fingerprint density at radius 2 is 2.00 bits per heavy atom. The van der Waals surface area contributed by atoms with Crippen molar-refractivity contribution in [2.45, 2.75) is 52.5 Å². The van der Waals surface area contributed by atoms with Crippen molar-refractivity contribution >= 4 is 5.91 Å². The number of hydrogen-bond donors (Lipinski definition) is 1. The first kappa shape index (κ1) is 16.0. The van der Waals surface area contributed by atoms with Crippen molar-refractivity contribution in [2.24, 2.45) is 0 Å². The van der Waals surface area contributed by atoms with Gasteiger partial charge < -0.3 is 10.2 Å². The molecular weight excluding hydrogens is 260 g/mol. The van der Waals surface area contributed by atoms with Crippen molar-refractivity contribution < 1.29 is 4.79 Å². The first-order valence-corrected chi connectivity index (χ1v) is 8.16. The molecule has 0 aliphatic carbocycles. The molecule has 1 aliphatic heterocycles. The number of piperidine rings is 1. The molecule has 1 amide bonds. The molecule has 1 N–H and O–H groups in total. The predicted molar refractivity (Wildman–Crippen MR) is 87.6 cm³/mol. The molecule has 0 spiro atoms. The topological polar surface area (TPSA) is 32.3 Å². The van der Waals surface area contributed by atoms with E-state index in [1.165, 1.54) is 16.7 Å². The standard InChI is InChI=1S/C18H28N2O/c1-5-20(6-2)18(21)17-12-15(10-11-19-17)16-9-7-8-13(3)14(16)4/h7-9,15,17,19H,5-6,10-12H2,1-4H3. The SMILES string of the molecule is CCN(CC)C(=O)C1CC(c2cccc(C)c2C)CCN1. The molecule has 1 fully saturated rings. The van der Waals surface area contributed by atoms with Crippen molar-refractivity contribution in [1.29, 1.82) is 0 Å². The number of nitrogens with one attached hydrogen (secondary N) is 1. The second-order valence-electron chi connectivity index (χ2n) is 6.03. The minimum atomic E-state index is -0.0245. The highest BCUT2D eigenvalue weighted by Gasteiger charge is 2.30. The van der Waals surface area contributed by atoms with E-state index in [1.54, 1.807) is 0 Å². The summed E-state index contributed by atoms with van der Waals surface area (Å²) in [6, 6.07) is 6.51. The van der Waals surface area contributed by atoms with Crippen LogP contribution >= 0.6 is 0 Å². The van der Waals surface area contributed by atoms with Crippen LogP contribution in [-0.4, -0.2) is 36.5 Å². The second kappa shape index (κ2) is 7.08. The van der Waals surface area contributed by atoms with Gasteiger partial charge in [0.2, 0.25) is 5.91 Å². The Hall–Kier alpha value is -1.35. The van der Waals surface area contributed by atoms with E-state index in [-0.39, 0.29) is 11.9 Å². The molecule has 1 aromatic rings. The van der Waals surface area contributed by atoms with Crippen LogP contribution in [0.25, 0.3) is 0 Å². The maximum Gasteiger partial charge on any atom is 0.239 e. The van der Waals surface area contributed by atoms with Crippen LogP contribution < -0.4 is 5.32 Å². The highest BCUT2D eigenvalue weighted by molar-refractivity contribution is 5.82. The van der Waals surface area contributed by atoms with Crippen molar-refractivity contribution in [3.63, 3.8) is 0 Å². The van der Waals surface area contributed by atoms with Crippen LogP contribution in [0.5, 0.6) is 0 Å². The Kier molecular flexibility index (Phi) is 5.40. The van der Waals surface area contributed by atoms with Crippen LogP contribution in [-0.2, 0) is 4.79 Å². The molecule has 2 unspecified atom stereocenters. The van der Waals surface area contributed by atoms with Gasteiger partial charge in [0.15, 0.2) is 0 Å². The summed E-state index contributed by atoms with van der Waals surface area (Å²) in [6.07, 6.45) is 2.03. The summed E-state index contributed by atoms with van der Waals surface area (Å²) in [5.41, 5.74) is 4.16. The van der Waals surface area contributed by atoms with Crippen LogP contribution in [0, 0.1) is 13.8 Å². The fraction of sp³-hybridized carbons (Fsp3) is 0.611. The van der Waals surface area contributed by atoms with Gasteiger partial charge >= 0.3 is 0 Å². The zero-order chi connectivity index (χ0) is 15.4. The molecule has 3 heteroatoms. The van der Waals surface area contributed by atoms with E-state index >= 15 is 0 Å². The summed E-state index contributed by atoms with van der Waals surface area (Å²) >= 11 is 0. The third-order valence-electron chi connectivity index (χ3n) is 4.86. The Morgan fingerprint density at radius 1 is 1.29 bits per heavy atom. The summed E-state index contributed by atoms with van der Waals surface area (Å²) in [5, 5.41) is 3.41. The normalized spacial score (nSPS) is 22.1. The molecular formula is C18H28N2O. The largest absolute Gasteiger partial charge is 0.342 e. The van der Waals surface area contributed by atoms with Gasteiger partial charge in [-0.2, -0.15) is 0 Å². The lowest BCUT2D eigenvalue weighted by atomic mass is 9.83. The third-order valence-corrected chi connectivity index (χ3v) is 4.86. The van der Waals surface area contributed by atoms with E-state index in [9.17, 15) is 4.79 Å². The maximum atomic E-state index is 12.6. The fourth-order valence-electron chi connectivity index (χ4n) is 3.36. The first-order chi connectivity index (χ1) is 10.1. The van der Waals surface area contributed by atoms with E-state index < -0.39 is 0 Å². The lowest BCUT2D eigenvalue weighted by Gasteiger charge is -2.33. The number of amides is 1. The number of carbonyl (C=O) groups is 1. The highest BCUT2D eigenvalue weighted by atomic mass is 16.2. The molecule has 0 saturated carbocycles. The summed E-state index contributed by atoms with van der Waals surface area (Å²) in [4.78, 5) is 14.5. The minimum absolute atomic E-state index is 0.0245. The monoisotopic (exact) mass is 288 g/mol. The van der Waals surface area contributed by atoms with E-state index in [1.807, 2.05) is 18.7 Å². The molecule has 1 heterocycles. The van der Waals surface area contributed by atoms with Gasteiger partial charge in [-0.05, 0) is 69.7 Å². The van der Waals surface area contributed by atoms with Crippen molar-refractivity contribution in [3.05, 3.63) is 34.9 Å². The lowest BCUT2D eigenvalue weighted by molar-refractivity contribution is -0.133. The molecule has 2 atom stereocenters. The van der Waals surface area contributed by atoms with Gasteiger partial charge in [0, 0.05) is 13.1 Å². The van der Waals surface area contributed by atoms with Gasteiger partial charge in [0.05, 0.1) is 6.04 Å². The number of carbonyl (C=O) groups excluding carboxylic acids is 1. The predicted octanol–water partition coefficient (Wildman–Crippen LogP) is 3.01. The van der Waals surface area contributed by atoms with Gasteiger partial charge in [-0.25, -0.2) is 0 Å². The summed E-state index contributed by atoms with van der Waals surface area (Å²) in [7, 11) is 0. The van der Waals surface area contributed by atoms with E-state index in [0.717, 1.165) is 32.5 Å². The fourth-order valence-corrected chi connectivity index (χ4v) is 3.36. The van der Waals surface area contributed by atoms with Gasteiger partial charge in [0.25, 0.3) is 0 Å². The smallest absolute Gasteiger partial charge is 0.239 e. The second-order valence-corrected chi connectivity index (χ2v) is 6.03. The van der Waals surface area contributed by atoms with Crippen LogP contribution in [0.3, 0.4) is 0 Å². The number of likely N-dealkylation sites (N-methyl/N-ethyl adjacent to an activating group) is 1. The molecule has 21 heavy (non-hydrogen) atoms. The minimum Gasteiger partial charge on any atom is -0.342 e. The zero-order valence-electron chi connectivity index (χ0n) is 13.8. The molecule has 0 aromatic heterocycles. The average Bonchev–Trinajstić information content (AvgIpc) is 2.51. The molecule has 1 saturated heterocycles. The van der Waals surface area contributed by atoms with Crippen LogP contribution in [0.1, 0.15) is 49.3 Å². The molecule has 1 aliphatic rings. The molecule has 1 aromatic carbocycles. The van der Waals surface area contributed by atoms with Crippen molar-refractivity contribution in [1.82, 2.24) is 10.2 Å². The van der Waals surface area contributed by atoms with E-state index in [2.05, 4.69) is 37.4 Å². The Balaban J connectivity index is 2.14. The number of hydrogen-bond acceptors (Lipinski definition) is 2. The number of benzene rings is 1. The first-order valence-electron chi connectivity index (χ1n) is 8.16. The number of aryl methyl sites for hydroxylation is 1. The average molecular weight is 288 g/mol. The van der Waals surface area contributed by atoms with Crippen LogP contribution in [0.15, 0.2) is 18.2 Å². The van der Waals surface area contributed by atoms with Gasteiger partial charge in [-0.15, -0.1) is 0 Å². The zero-order valence-corrected chi connectivity index (χ0v) is 13.8. The molecule has 0 radical (unpaired) electrons. The number of rotatable bonds is 4. The quantitative estimate of drug-likeness (QED) is 0.923. The Bertz CT molecular complexity index is 494. The molecule has 0 bridgehead atoms. The molecule has 116 valence electrons. The van der Waals surface area contributed by atoms with Gasteiger partial charge in [-0.3, -0.25) is 4.79 Å². The van der Waals surface area contributed by atoms with E-state index in [4.69, 9.17) is 0 Å². The molecule has 2 rings (SSSR count). The number of nitrogens with zero attached hydrogens (tertiary/aromatic N) is 1. The summed E-state index contributed by atoms with van der Waals surface area (Å²) in [5.74, 6) is 0.755. The van der Waals surface area contributed by atoms with Crippen LogP contribution in [0.2, 0.25) is 0 Å². The van der Waals surface area contributed by atoms with Crippen LogP contribution in [0.4, 0.5) is 0 Å². The Morgan fingerprint density at radius 3 is 2.67 bits per heavy atom. The molecule has 3 nitrogen and oxygen atoms in total.